The number of hydrogen-bond donors (Lipinski definition) is 4. The van der Waals surface area contributed by atoms with E-state index >= 15 is 0 Å². The van der Waals surface area contributed by atoms with Gasteiger partial charge in [0.05, 0.1) is 44.1 Å². The Balaban J connectivity index is 0.000000332. The van der Waals surface area contributed by atoms with E-state index < -0.39 is 46.2 Å². The highest BCUT2D eigenvalue weighted by molar-refractivity contribution is 7.91. The highest BCUT2D eigenvalue weighted by Crippen LogP contribution is 2.32. The molecular formula is C24H32N2O11S. The Morgan fingerprint density at radius 2 is 1.68 bits per heavy atom. The van der Waals surface area contributed by atoms with Crippen molar-refractivity contribution in [3.8, 4) is 11.6 Å². The Morgan fingerprint density at radius 1 is 1.08 bits per heavy atom. The molecule has 1 unspecified atom stereocenters. The van der Waals surface area contributed by atoms with Gasteiger partial charge in [-0.25, -0.2) is 18.2 Å². The van der Waals surface area contributed by atoms with Gasteiger partial charge in [-0.1, -0.05) is 0 Å². The third-order valence-electron chi connectivity index (χ3n) is 6.35. The molecule has 1 saturated heterocycles. The van der Waals surface area contributed by atoms with Crippen LogP contribution in [0.3, 0.4) is 0 Å². The van der Waals surface area contributed by atoms with Gasteiger partial charge in [-0.15, -0.1) is 0 Å². The molecule has 13 nitrogen and oxygen atoms in total. The van der Waals surface area contributed by atoms with Gasteiger partial charge in [0.2, 0.25) is 5.88 Å². The lowest BCUT2D eigenvalue weighted by molar-refractivity contribution is -0.170. The van der Waals surface area contributed by atoms with Gasteiger partial charge in [-0.3, -0.25) is 14.5 Å². The molecule has 1 aliphatic rings. The van der Waals surface area contributed by atoms with Crippen LogP contribution in [-0.4, -0.2) is 101 Å². The van der Waals surface area contributed by atoms with Crippen LogP contribution in [0.4, 0.5) is 0 Å². The molecule has 38 heavy (non-hydrogen) atoms. The van der Waals surface area contributed by atoms with Crippen molar-refractivity contribution in [1.82, 2.24) is 9.88 Å². The summed E-state index contributed by atoms with van der Waals surface area (Å²) in [5.41, 5.74) is -1.36. The number of aliphatic hydroxyl groups is 1. The number of benzene rings is 1. The Morgan fingerprint density at radius 3 is 2.13 bits per heavy atom. The summed E-state index contributed by atoms with van der Waals surface area (Å²) in [5.74, 6) is -3.28. The van der Waals surface area contributed by atoms with E-state index in [9.17, 15) is 22.8 Å². The van der Waals surface area contributed by atoms with Crippen molar-refractivity contribution in [2.24, 2.45) is 0 Å². The summed E-state index contributed by atoms with van der Waals surface area (Å²) in [6, 6.07) is 7.78. The predicted octanol–water partition coefficient (Wildman–Crippen LogP) is 1.01. The van der Waals surface area contributed by atoms with Crippen molar-refractivity contribution in [1.29, 1.82) is 0 Å². The summed E-state index contributed by atoms with van der Waals surface area (Å²) >= 11 is 0. The first-order valence-electron chi connectivity index (χ1n) is 11.4. The van der Waals surface area contributed by atoms with Gasteiger partial charge in [0.1, 0.15) is 5.75 Å². The number of fused-ring (bicyclic) bond motifs is 1. The summed E-state index contributed by atoms with van der Waals surface area (Å²) in [4.78, 5) is 37.2. The van der Waals surface area contributed by atoms with E-state index in [1.807, 2.05) is 38.2 Å². The van der Waals surface area contributed by atoms with Crippen molar-refractivity contribution in [3.63, 3.8) is 0 Å². The van der Waals surface area contributed by atoms with Crippen molar-refractivity contribution in [3.05, 3.63) is 29.8 Å². The SMILES string of the molecule is COc1ccc2cc(CN(C)C3(C)CCS(=O)(=O)C3)c(OC)nc2c1.O=C(O)CC(O)(CC(=O)O)C(=O)O. The molecule has 0 amide bonds. The van der Waals surface area contributed by atoms with Crippen molar-refractivity contribution in [2.75, 3.05) is 32.8 Å². The van der Waals surface area contributed by atoms with Crippen LogP contribution in [-0.2, 0) is 30.8 Å². The molecule has 14 heteroatoms. The van der Waals surface area contributed by atoms with E-state index in [1.165, 1.54) is 0 Å². The number of ether oxygens (including phenoxy) is 2. The first kappa shape index (κ1) is 30.7. The van der Waals surface area contributed by atoms with Crippen LogP contribution in [0.25, 0.3) is 10.9 Å². The normalized spacial score (nSPS) is 18.5. The first-order chi connectivity index (χ1) is 17.5. The Labute approximate surface area is 219 Å². The predicted molar refractivity (Wildman–Crippen MR) is 135 cm³/mol. The highest BCUT2D eigenvalue weighted by atomic mass is 32.2. The fourth-order valence-corrected chi connectivity index (χ4v) is 6.25. The molecule has 1 aromatic heterocycles. The van der Waals surface area contributed by atoms with E-state index in [0.29, 0.717) is 18.8 Å². The number of hydrogen-bond acceptors (Lipinski definition) is 10. The molecule has 0 saturated carbocycles. The average molecular weight is 557 g/mol. The number of carboxylic acids is 3. The quantitative estimate of drug-likeness (QED) is 0.323. The van der Waals surface area contributed by atoms with Crippen molar-refractivity contribution >= 4 is 38.6 Å². The minimum atomic E-state index is -2.95. The van der Waals surface area contributed by atoms with Gasteiger partial charge in [0.15, 0.2) is 15.4 Å². The Kier molecular flexibility index (Phi) is 9.64. The fourth-order valence-electron chi connectivity index (χ4n) is 4.04. The molecule has 1 aromatic carbocycles. The van der Waals surface area contributed by atoms with Gasteiger partial charge in [-0.2, -0.15) is 0 Å². The Hall–Kier alpha value is -3.49. The molecule has 1 fully saturated rings. The molecule has 0 radical (unpaired) electrons. The fraction of sp³-hybridized carbons (Fsp3) is 0.500. The van der Waals surface area contributed by atoms with Gasteiger partial charge < -0.3 is 29.9 Å². The number of methoxy groups -OCH3 is 2. The van der Waals surface area contributed by atoms with E-state index in [2.05, 4.69) is 9.88 Å². The zero-order valence-corrected chi connectivity index (χ0v) is 22.3. The van der Waals surface area contributed by atoms with E-state index in [0.717, 1.165) is 22.2 Å². The van der Waals surface area contributed by atoms with Crippen molar-refractivity contribution in [2.45, 2.75) is 43.9 Å². The van der Waals surface area contributed by atoms with Crippen LogP contribution in [0.1, 0.15) is 31.7 Å². The second kappa shape index (κ2) is 11.9. The second-order valence-electron chi connectivity index (χ2n) is 9.39. The number of aromatic nitrogens is 1. The van der Waals surface area contributed by atoms with Crippen molar-refractivity contribution < 1.29 is 52.7 Å². The number of sulfone groups is 1. The molecule has 1 aliphatic heterocycles. The summed E-state index contributed by atoms with van der Waals surface area (Å²) < 4.78 is 34.5. The highest BCUT2D eigenvalue weighted by Gasteiger charge is 2.42. The second-order valence-corrected chi connectivity index (χ2v) is 11.6. The summed E-state index contributed by atoms with van der Waals surface area (Å²) in [6.07, 6.45) is -1.64. The molecule has 4 N–H and O–H groups in total. The minimum Gasteiger partial charge on any atom is -0.497 e. The third-order valence-corrected chi connectivity index (χ3v) is 8.24. The monoisotopic (exact) mass is 556 g/mol. The molecule has 3 rings (SSSR count). The Bertz CT molecular complexity index is 1300. The van der Waals surface area contributed by atoms with Crippen LogP contribution in [0.2, 0.25) is 0 Å². The van der Waals surface area contributed by atoms with E-state index in [-0.39, 0.29) is 17.0 Å². The number of aliphatic carboxylic acids is 3. The maximum absolute atomic E-state index is 11.9. The maximum Gasteiger partial charge on any atom is 0.336 e. The lowest BCUT2D eigenvalue weighted by Gasteiger charge is -2.34. The number of pyridine rings is 1. The van der Waals surface area contributed by atoms with Gasteiger partial charge in [0.25, 0.3) is 0 Å². The molecule has 0 aliphatic carbocycles. The number of rotatable bonds is 10. The van der Waals surface area contributed by atoms with Crippen LogP contribution in [0, 0.1) is 0 Å². The van der Waals surface area contributed by atoms with E-state index in [4.69, 9.17) is 29.9 Å². The lowest BCUT2D eigenvalue weighted by Crippen LogP contribution is -2.44. The molecule has 0 bridgehead atoms. The molecule has 1 atom stereocenters. The lowest BCUT2D eigenvalue weighted by atomic mass is 9.96. The van der Waals surface area contributed by atoms with Crippen LogP contribution in [0.5, 0.6) is 11.6 Å². The zero-order valence-electron chi connectivity index (χ0n) is 21.5. The standard InChI is InChI=1S/C18H24N2O4S.C6H8O7/c1-18(7-8-25(21,22)12-18)20(2)11-14-9-13-5-6-15(23-3)10-16(13)19-17(14)24-4;7-3(8)1-6(13,5(11)12)2-4(9)10/h5-6,9-10H,7-8,11-12H2,1-4H3;13H,1-2H2,(H,7,8)(H,9,10)(H,11,12). The van der Waals surface area contributed by atoms with Crippen LogP contribution >= 0.6 is 0 Å². The topological polar surface area (TPSA) is 201 Å². The summed E-state index contributed by atoms with van der Waals surface area (Å²) in [5, 5.41) is 34.8. The average Bonchev–Trinajstić information content (AvgIpc) is 3.11. The largest absolute Gasteiger partial charge is 0.497 e. The molecule has 210 valence electrons. The number of nitrogens with zero attached hydrogens (tertiary/aromatic N) is 2. The first-order valence-corrected chi connectivity index (χ1v) is 13.2. The smallest absolute Gasteiger partial charge is 0.336 e. The minimum absolute atomic E-state index is 0.191. The third kappa shape index (κ3) is 7.76. The van der Waals surface area contributed by atoms with Gasteiger partial charge >= 0.3 is 17.9 Å². The maximum atomic E-state index is 11.9. The van der Waals surface area contributed by atoms with E-state index in [1.54, 1.807) is 14.2 Å². The number of carbonyl (C=O) groups is 3. The molecule has 2 heterocycles. The zero-order chi connectivity index (χ0) is 28.9. The molecular weight excluding hydrogens is 524 g/mol. The summed E-state index contributed by atoms with van der Waals surface area (Å²) in [7, 11) is 2.23. The summed E-state index contributed by atoms with van der Waals surface area (Å²) in [6.45, 7) is 2.58. The van der Waals surface area contributed by atoms with Gasteiger partial charge in [0, 0.05) is 29.1 Å². The molecule has 0 spiro atoms. The van der Waals surface area contributed by atoms with Crippen LogP contribution < -0.4 is 9.47 Å². The number of carboxylic acid groups (broad SMARTS) is 3. The van der Waals surface area contributed by atoms with Gasteiger partial charge in [-0.05, 0) is 38.6 Å². The van der Waals surface area contributed by atoms with Crippen LogP contribution in [0.15, 0.2) is 24.3 Å². The molecule has 2 aromatic rings.